The zero-order chi connectivity index (χ0) is 27.0. The molecule has 2 aliphatic carbocycles. The number of imidazole rings is 1. The van der Waals surface area contributed by atoms with Crippen molar-refractivity contribution in [1.29, 1.82) is 0 Å². The molecule has 9 heteroatoms. The van der Waals surface area contributed by atoms with Gasteiger partial charge in [0, 0.05) is 17.8 Å². The van der Waals surface area contributed by atoms with Gasteiger partial charge in [0.2, 0.25) is 11.7 Å². The summed E-state index contributed by atoms with van der Waals surface area (Å²) in [6.07, 6.45) is 2.93. The van der Waals surface area contributed by atoms with Gasteiger partial charge in [-0.3, -0.25) is 14.0 Å². The minimum absolute atomic E-state index is 0.0230. The Kier molecular flexibility index (Phi) is 5.33. The standard InChI is InChI=1S/C30H26F2N4O3/c1-15-19-5-3-2-4-16(19)10-11-35(15)28(37)24-14-25(17-6-7-17)36-27(32)26(34-30(36)33-24)20-9-8-18(12-23(20)31)21-13-22(21)29(38)39/h2-5,8-9,12,14-15,17,21-22H,6-7,10-11,13H2,1H3,(H,38,39)/t15-,21+,22-/m1/s1. The predicted molar refractivity (Wildman–Crippen MR) is 138 cm³/mol. The molecule has 2 saturated carbocycles. The van der Waals surface area contributed by atoms with Crippen LogP contribution >= 0.6 is 0 Å². The van der Waals surface area contributed by atoms with Crippen molar-refractivity contribution >= 4 is 17.7 Å². The molecule has 0 bridgehead atoms. The fraction of sp³-hybridized carbons (Fsp3) is 0.333. The van der Waals surface area contributed by atoms with Crippen LogP contribution in [0.15, 0.2) is 48.5 Å². The van der Waals surface area contributed by atoms with Crippen LogP contribution in [0.25, 0.3) is 17.0 Å². The van der Waals surface area contributed by atoms with Crippen molar-refractivity contribution in [1.82, 2.24) is 19.3 Å². The molecule has 0 saturated heterocycles. The summed E-state index contributed by atoms with van der Waals surface area (Å²) in [7, 11) is 0. The molecule has 2 aromatic carbocycles. The first-order valence-corrected chi connectivity index (χ1v) is 13.3. The van der Waals surface area contributed by atoms with E-state index in [9.17, 15) is 14.7 Å². The minimum Gasteiger partial charge on any atom is -0.481 e. The van der Waals surface area contributed by atoms with Crippen LogP contribution in [0.4, 0.5) is 8.78 Å². The van der Waals surface area contributed by atoms with Crippen LogP contribution in [0.1, 0.15) is 76.9 Å². The zero-order valence-corrected chi connectivity index (χ0v) is 21.3. The summed E-state index contributed by atoms with van der Waals surface area (Å²) in [5.41, 5.74) is 3.53. The van der Waals surface area contributed by atoms with Gasteiger partial charge in [0.25, 0.3) is 5.91 Å². The Morgan fingerprint density at radius 1 is 1.05 bits per heavy atom. The van der Waals surface area contributed by atoms with E-state index in [1.54, 1.807) is 17.0 Å². The normalized spacial score (nSPS) is 22.1. The van der Waals surface area contributed by atoms with E-state index in [0.717, 1.165) is 24.8 Å². The van der Waals surface area contributed by atoms with Crippen molar-refractivity contribution in [2.24, 2.45) is 5.92 Å². The molecule has 7 rings (SSSR count). The number of nitrogens with zero attached hydrogens (tertiary/aromatic N) is 4. The van der Waals surface area contributed by atoms with Gasteiger partial charge >= 0.3 is 5.97 Å². The number of carbonyl (C=O) groups excluding carboxylic acids is 1. The second-order valence-corrected chi connectivity index (χ2v) is 10.9. The lowest BCUT2D eigenvalue weighted by atomic mass is 9.93. The van der Waals surface area contributed by atoms with Gasteiger partial charge in [0.05, 0.1) is 12.0 Å². The molecule has 39 heavy (non-hydrogen) atoms. The van der Waals surface area contributed by atoms with E-state index in [-0.39, 0.29) is 46.5 Å². The monoisotopic (exact) mass is 528 g/mol. The molecule has 1 N–H and O–H groups in total. The number of benzene rings is 2. The van der Waals surface area contributed by atoms with E-state index in [0.29, 0.717) is 24.2 Å². The summed E-state index contributed by atoms with van der Waals surface area (Å²) in [5, 5.41) is 9.19. The highest BCUT2D eigenvalue weighted by Crippen LogP contribution is 2.48. The number of fused-ring (bicyclic) bond motifs is 2. The van der Waals surface area contributed by atoms with E-state index < -0.39 is 23.7 Å². The fourth-order valence-corrected chi connectivity index (χ4v) is 5.99. The maximum atomic E-state index is 15.8. The average molecular weight is 529 g/mol. The third kappa shape index (κ3) is 3.90. The number of carboxylic acids is 1. The lowest BCUT2D eigenvalue weighted by Crippen LogP contribution is -2.39. The topological polar surface area (TPSA) is 87.8 Å². The molecule has 3 aliphatic rings. The number of aliphatic carboxylic acids is 1. The van der Waals surface area contributed by atoms with Gasteiger partial charge in [-0.25, -0.2) is 14.4 Å². The summed E-state index contributed by atoms with van der Waals surface area (Å²) in [6.45, 7) is 2.55. The molecular formula is C30H26F2N4O3. The van der Waals surface area contributed by atoms with Crippen LogP contribution in [-0.4, -0.2) is 42.8 Å². The van der Waals surface area contributed by atoms with Crippen LogP contribution in [0.2, 0.25) is 0 Å². The number of carboxylic acid groups (broad SMARTS) is 1. The number of hydrogen-bond acceptors (Lipinski definition) is 4. The number of rotatable bonds is 5. The predicted octanol–water partition coefficient (Wildman–Crippen LogP) is 5.50. The van der Waals surface area contributed by atoms with Gasteiger partial charge in [0.15, 0.2) is 0 Å². The Labute approximate surface area is 223 Å². The summed E-state index contributed by atoms with van der Waals surface area (Å²) in [6, 6.07) is 14.0. The second-order valence-electron chi connectivity index (χ2n) is 10.9. The van der Waals surface area contributed by atoms with Gasteiger partial charge < -0.3 is 10.0 Å². The number of aromatic nitrogens is 3. The van der Waals surface area contributed by atoms with Crippen molar-refractivity contribution in [3.8, 4) is 11.3 Å². The zero-order valence-electron chi connectivity index (χ0n) is 21.3. The molecular weight excluding hydrogens is 502 g/mol. The Morgan fingerprint density at radius 2 is 1.85 bits per heavy atom. The SMILES string of the molecule is C[C@@H]1c2ccccc2CCN1C(=O)c1cc(C2CC2)n2c(F)c(-c3ccc([C@@H]4C[C@H]4C(=O)O)cc3F)nc2n1. The molecule has 0 unspecified atom stereocenters. The van der Waals surface area contributed by atoms with Crippen molar-refractivity contribution < 1.29 is 23.5 Å². The molecule has 0 spiro atoms. The molecule has 1 amide bonds. The van der Waals surface area contributed by atoms with E-state index >= 15 is 8.78 Å². The number of halogens is 2. The molecule has 0 radical (unpaired) electrons. The molecule has 3 atom stereocenters. The lowest BCUT2D eigenvalue weighted by Gasteiger charge is -2.35. The van der Waals surface area contributed by atoms with E-state index in [1.165, 1.54) is 22.1 Å². The molecule has 2 fully saturated rings. The third-order valence-corrected chi connectivity index (χ3v) is 8.42. The smallest absolute Gasteiger partial charge is 0.307 e. The van der Waals surface area contributed by atoms with Gasteiger partial charge in [0.1, 0.15) is 17.2 Å². The maximum absolute atomic E-state index is 15.8. The summed E-state index contributed by atoms with van der Waals surface area (Å²) < 4.78 is 32.3. The highest BCUT2D eigenvalue weighted by atomic mass is 19.1. The Balaban J connectivity index is 1.26. The van der Waals surface area contributed by atoms with Gasteiger partial charge in [-0.2, -0.15) is 4.39 Å². The van der Waals surface area contributed by atoms with Crippen molar-refractivity contribution in [2.75, 3.05) is 6.54 Å². The number of amides is 1. The molecule has 2 aromatic heterocycles. The molecule has 4 aromatic rings. The molecule has 198 valence electrons. The van der Waals surface area contributed by atoms with Crippen LogP contribution < -0.4 is 0 Å². The summed E-state index contributed by atoms with van der Waals surface area (Å²) >= 11 is 0. The quantitative estimate of drug-likeness (QED) is 0.370. The van der Waals surface area contributed by atoms with Crippen LogP contribution in [0.5, 0.6) is 0 Å². The van der Waals surface area contributed by atoms with Gasteiger partial charge in [-0.05, 0) is 79.3 Å². The fourth-order valence-electron chi connectivity index (χ4n) is 5.99. The maximum Gasteiger partial charge on any atom is 0.307 e. The van der Waals surface area contributed by atoms with Crippen molar-refractivity contribution in [2.45, 2.75) is 50.5 Å². The first-order chi connectivity index (χ1) is 18.8. The average Bonchev–Trinajstić information content (AvgIpc) is 3.85. The van der Waals surface area contributed by atoms with Gasteiger partial charge in [-0.1, -0.05) is 30.3 Å². The summed E-state index contributed by atoms with van der Waals surface area (Å²) in [4.78, 5) is 35.5. The van der Waals surface area contributed by atoms with Crippen LogP contribution in [-0.2, 0) is 11.2 Å². The first-order valence-electron chi connectivity index (χ1n) is 13.3. The van der Waals surface area contributed by atoms with Crippen molar-refractivity contribution in [3.05, 3.63) is 88.4 Å². The second kappa shape index (κ2) is 8.69. The minimum atomic E-state index is -0.900. The molecule has 3 heterocycles. The molecule has 1 aliphatic heterocycles. The highest BCUT2D eigenvalue weighted by molar-refractivity contribution is 5.93. The van der Waals surface area contributed by atoms with E-state index in [1.807, 2.05) is 25.1 Å². The van der Waals surface area contributed by atoms with Crippen LogP contribution in [0, 0.1) is 17.7 Å². The van der Waals surface area contributed by atoms with Gasteiger partial charge in [-0.15, -0.1) is 0 Å². The largest absolute Gasteiger partial charge is 0.481 e. The first kappa shape index (κ1) is 23.9. The highest BCUT2D eigenvalue weighted by Gasteiger charge is 2.44. The van der Waals surface area contributed by atoms with Crippen LogP contribution in [0.3, 0.4) is 0 Å². The third-order valence-electron chi connectivity index (χ3n) is 8.42. The van der Waals surface area contributed by atoms with E-state index in [4.69, 9.17) is 0 Å². The molecule has 7 nitrogen and oxygen atoms in total. The van der Waals surface area contributed by atoms with E-state index in [2.05, 4.69) is 16.0 Å². The Bertz CT molecular complexity index is 1680. The summed E-state index contributed by atoms with van der Waals surface area (Å²) in [5.74, 6) is -3.18. The van der Waals surface area contributed by atoms with Crippen molar-refractivity contribution in [3.63, 3.8) is 0 Å². The number of carbonyl (C=O) groups is 2. The number of hydrogen-bond donors (Lipinski definition) is 1. The Hall–Kier alpha value is -4.14. The Morgan fingerprint density at radius 3 is 2.56 bits per heavy atom. The lowest BCUT2D eigenvalue weighted by molar-refractivity contribution is -0.138.